The largest absolute Gasteiger partial charge is 0.317 e. The van der Waals surface area contributed by atoms with Gasteiger partial charge in [-0.05, 0) is 44.1 Å². The van der Waals surface area contributed by atoms with E-state index < -0.39 is 5.82 Å². The van der Waals surface area contributed by atoms with Gasteiger partial charge in [-0.2, -0.15) is 5.26 Å². The van der Waals surface area contributed by atoms with Gasteiger partial charge in [0.05, 0.1) is 17.2 Å². The van der Waals surface area contributed by atoms with Gasteiger partial charge in [0.25, 0.3) is 0 Å². The fraction of sp³-hybridized carbons (Fsp3) is 0.385. The molecule has 18 heavy (non-hydrogen) atoms. The van der Waals surface area contributed by atoms with E-state index in [0.717, 1.165) is 25.9 Å². The van der Waals surface area contributed by atoms with Gasteiger partial charge in [-0.15, -0.1) is 12.4 Å². The number of piperidine rings is 1. The van der Waals surface area contributed by atoms with Gasteiger partial charge >= 0.3 is 0 Å². The minimum atomic E-state index is -0.535. The van der Waals surface area contributed by atoms with Crippen molar-refractivity contribution in [3.8, 4) is 6.07 Å². The van der Waals surface area contributed by atoms with Crippen LogP contribution in [-0.4, -0.2) is 18.9 Å². The van der Waals surface area contributed by atoms with Gasteiger partial charge in [-0.3, -0.25) is 4.79 Å². The van der Waals surface area contributed by atoms with Crippen LogP contribution in [0.5, 0.6) is 0 Å². The maximum atomic E-state index is 13.6. The standard InChI is InChI=1S/C13H13FN2O.ClH/c14-12-2-1-9(8-15)7-11(12)13(17)10-3-5-16-6-4-10;/h1-2,7,10,16H,3-6H2;1H. The Hall–Kier alpha value is -1.44. The van der Waals surface area contributed by atoms with E-state index in [1.54, 1.807) is 0 Å². The first-order valence-corrected chi connectivity index (χ1v) is 5.67. The van der Waals surface area contributed by atoms with Crippen LogP contribution in [0.15, 0.2) is 18.2 Å². The third-order valence-electron chi connectivity index (χ3n) is 3.07. The van der Waals surface area contributed by atoms with Gasteiger partial charge in [0.2, 0.25) is 0 Å². The maximum absolute atomic E-state index is 13.6. The topological polar surface area (TPSA) is 52.9 Å². The number of halogens is 2. The number of carbonyl (C=O) groups excluding carboxylic acids is 1. The number of hydrogen-bond acceptors (Lipinski definition) is 3. The van der Waals surface area contributed by atoms with Crippen LogP contribution in [0, 0.1) is 23.1 Å². The molecule has 0 saturated carbocycles. The van der Waals surface area contributed by atoms with Crippen molar-refractivity contribution in [3.05, 3.63) is 35.1 Å². The maximum Gasteiger partial charge on any atom is 0.169 e. The van der Waals surface area contributed by atoms with Crippen LogP contribution >= 0.6 is 12.4 Å². The average molecular weight is 269 g/mol. The summed E-state index contributed by atoms with van der Waals surface area (Å²) in [7, 11) is 0. The summed E-state index contributed by atoms with van der Waals surface area (Å²) in [6.45, 7) is 1.58. The highest BCUT2D eigenvalue weighted by Gasteiger charge is 2.24. The van der Waals surface area contributed by atoms with Crippen molar-refractivity contribution in [2.24, 2.45) is 5.92 Å². The lowest BCUT2D eigenvalue weighted by atomic mass is 9.89. The van der Waals surface area contributed by atoms with E-state index >= 15 is 0 Å². The van der Waals surface area contributed by atoms with Crippen molar-refractivity contribution in [3.63, 3.8) is 0 Å². The van der Waals surface area contributed by atoms with Crippen LogP contribution < -0.4 is 5.32 Å². The lowest BCUT2D eigenvalue weighted by Gasteiger charge is -2.21. The van der Waals surface area contributed by atoms with Crippen LogP contribution in [0.2, 0.25) is 0 Å². The first-order chi connectivity index (χ1) is 8.22. The minimum absolute atomic E-state index is 0. The molecule has 1 saturated heterocycles. The molecule has 2 rings (SSSR count). The monoisotopic (exact) mass is 268 g/mol. The molecule has 0 unspecified atom stereocenters. The van der Waals surface area contributed by atoms with Crippen LogP contribution in [0.25, 0.3) is 0 Å². The van der Waals surface area contributed by atoms with Crippen molar-refractivity contribution in [2.45, 2.75) is 12.8 Å². The van der Waals surface area contributed by atoms with Gasteiger partial charge in [-0.25, -0.2) is 4.39 Å². The summed E-state index contributed by atoms with van der Waals surface area (Å²) in [5, 5.41) is 11.9. The quantitative estimate of drug-likeness (QED) is 0.838. The molecule has 96 valence electrons. The van der Waals surface area contributed by atoms with Crippen molar-refractivity contribution in [1.29, 1.82) is 5.26 Å². The fourth-order valence-electron chi connectivity index (χ4n) is 2.09. The Labute approximate surface area is 111 Å². The summed E-state index contributed by atoms with van der Waals surface area (Å²) < 4.78 is 13.6. The van der Waals surface area contributed by atoms with E-state index in [0.29, 0.717) is 5.56 Å². The Morgan fingerprint density at radius 2 is 2.06 bits per heavy atom. The van der Waals surface area contributed by atoms with Crippen LogP contribution in [0.3, 0.4) is 0 Å². The Morgan fingerprint density at radius 1 is 1.39 bits per heavy atom. The highest BCUT2D eigenvalue weighted by molar-refractivity contribution is 5.98. The molecule has 5 heteroatoms. The molecule has 1 fully saturated rings. The molecule has 1 aromatic carbocycles. The predicted molar refractivity (Wildman–Crippen MR) is 68.3 cm³/mol. The SMILES string of the molecule is Cl.N#Cc1ccc(F)c(C(=O)C2CCNCC2)c1. The number of hydrogen-bond donors (Lipinski definition) is 1. The fourth-order valence-corrected chi connectivity index (χ4v) is 2.09. The van der Waals surface area contributed by atoms with Gasteiger partial charge in [0.15, 0.2) is 5.78 Å². The third-order valence-corrected chi connectivity index (χ3v) is 3.07. The second-order valence-corrected chi connectivity index (χ2v) is 4.19. The smallest absolute Gasteiger partial charge is 0.169 e. The zero-order valence-electron chi connectivity index (χ0n) is 9.78. The lowest BCUT2D eigenvalue weighted by Crippen LogP contribution is -2.32. The number of nitrogens with zero attached hydrogens (tertiary/aromatic N) is 1. The summed E-state index contributed by atoms with van der Waals surface area (Å²) in [6, 6.07) is 5.84. The average Bonchev–Trinajstić information content (AvgIpc) is 2.39. The Bertz CT molecular complexity index is 478. The summed E-state index contributed by atoms with van der Waals surface area (Å²) in [4.78, 5) is 12.1. The highest BCUT2D eigenvalue weighted by Crippen LogP contribution is 2.21. The van der Waals surface area contributed by atoms with E-state index in [4.69, 9.17) is 5.26 Å². The third kappa shape index (κ3) is 3.06. The molecule has 0 spiro atoms. The molecular weight excluding hydrogens is 255 g/mol. The molecule has 1 aromatic rings. The summed E-state index contributed by atoms with van der Waals surface area (Å²) in [5.74, 6) is -0.840. The Kier molecular flexibility index (Phi) is 5.26. The first kappa shape index (κ1) is 14.6. The molecule has 0 aromatic heterocycles. The van der Waals surface area contributed by atoms with E-state index in [2.05, 4.69) is 5.32 Å². The zero-order valence-corrected chi connectivity index (χ0v) is 10.6. The molecule has 0 amide bonds. The lowest BCUT2D eigenvalue weighted by molar-refractivity contribution is 0.0891. The number of carbonyl (C=O) groups is 1. The molecule has 1 heterocycles. The normalized spacial score (nSPS) is 15.6. The summed E-state index contributed by atoms with van der Waals surface area (Å²) >= 11 is 0. The second kappa shape index (κ2) is 6.48. The van der Waals surface area contributed by atoms with Crippen LogP contribution in [0.4, 0.5) is 4.39 Å². The molecule has 0 aliphatic carbocycles. The van der Waals surface area contributed by atoms with Crippen molar-refractivity contribution in [1.82, 2.24) is 5.32 Å². The Morgan fingerprint density at radius 3 is 2.67 bits per heavy atom. The first-order valence-electron chi connectivity index (χ1n) is 5.67. The molecule has 1 N–H and O–H groups in total. The van der Waals surface area contributed by atoms with Gasteiger partial charge < -0.3 is 5.32 Å². The summed E-state index contributed by atoms with van der Waals surface area (Å²) in [6.07, 6.45) is 1.46. The van der Waals surface area contributed by atoms with Gasteiger partial charge in [0, 0.05) is 5.92 Å². The van der Waals surface area contributed by atoms with Crippen molar-refractivity contribution >= 4 is 18.2 Å². The van der Waals surface area contributed by atoms with E-state index in [1.165, 1.54) is 18.2 Å². The van der Waals surface area contributed by atoms with Crippen molar-refractivity contribution < 1.29 is 9.18 Å². The van der Waals surface area contributed by atoms with E-state index in [9.17, 15) is 9.18 Å². The van der Waals surface area contributed by atoms with Crippen LogP contribution in [-0.2, 0) is 0 Å². The molecule has 0 radical (unpaired) electrons. The number of nitriles is 1. The Balaban J connectivity index is 0.00000162. The molecule has 3 nitrogen and oxygen atoms in total. The van der Waals surface area contributed by atoms with E-state index in [1.807, 2.05) is 6.07 Å². The highest BCUT2D eigenvalue weighted by atomic mass is 35.5. The van der Waals surface area contributed by atoms with Crippen molar-refractivity contribution in [2.75, 3.05) is 13.1 Å². The van der Waals surface area contributed by atoms with Crippen LogP contribution in [0.1, 0.15) is 28.8 Å². The molecule has 1 aliphatic rings. The number of ketones is 1. The number of benzene rings is 1. The molecule has 1 aliphatic heterocycles. The number of nitrogens with one attached hydrogen (secondary N) is 1. The number of Topliss-reactive ketones (excluding diaryl/α,β-unsaturated/α-hetero) is 1. The second-order valence-electron chi connectivity index (χ2n) is 4.19. The van der Waals surface area contributed by atoms with E-state index in [-0.39, 0.29) is 29.7 Å². The molecule has 0 atom stereocenters. The molecular formula is C13H14ClFN2O. The van der Waals surface area contributed by atoms with Gasteiger partial charge in [-0.1, -0.05) is 0 Å². The molecule has 0 bridgehead atoms. The van der Waals surface area contributed by atoms with Gasteiger partial charge in [0.1, 0.15) is 5.82 Å². The summed E-state index contributed by atoms with van der Waals surface area (Å²) in [5.41, 5.74) is 0.375. The zero-order chi connectivity index (χ0) is 12.3. The minimum Gasteiger partial charge on any atom is -0.317 e. The predicted octanol–water partition coefficient (Wildman–Crippen LogP) is 2.30. The number of rotatable bonds is 2.